The zero-order valence-electron chi connectivity index (χ0n) is 21.6. The van der Waals surface area contributed by atoms with Crippen LogP contribution in [0.4, 0.5) is 0 Å². The molecule has 0 aromatic carbocycles. The first-order valence-electron chi connectivity index (χ1n) is 14.3. The van der Waals surface area contributed by atoms with Crippen LogP contribution < -0.4 is 0 Å². The lowest BCUT2D eigenvalue weighted by Crippen LogP contribution is -1.92. The number of allylic oxidation sites excluding steroid dienone is 1. The number of hydrogen-bond acceptors (Lipinski definition) is 2. The highest BCUT2D eigenvalue weighted by Crippen LogP contribution is 2.16. The molecule has 0 fully saturated rings. The summed E-state index contributed by atoms with van der Waals surface area (Å²) in [5, 5.41) is 18.1. The van der Waals surface area contributed by atoms with Gasteiger partial charge in [0.2, 0.25) is 0 Å². The van der Waals surface area contributed by atoms with E-state index in [-0.39, 0.29) is 12.2 Å². The van der Waals surface area contributed by atoms with Gasteiger partial charge >= 0.3 is 5.97 Å². The Morgan fingerprint density at radius 2 is 0.781 bits per heavy atom. The van der Waals surface area contributed by atoms with Crippen molar-refractivity contribution >= 4 is 5.97 Å². The number of unbranched alkanes of at least 4 members (excludes halogenated alkanes) is 22. The van der Waals surface area contributed by atoms with Crippen LogP contribution in [0, 0.1) is 0 Å². The van der Waals surface area contributed by atoms with Crippen LogP contribution in [-0.2, 0) is 4.79 Å². The van der Waals surface area contributed by atoms with Gasteiger partial charge in [-0.1, -0.05) is 148 Å². The Kier molecular flexibility index (Phi) is 25.5. The lowest BCUT2D eigenvalue weighted by molar-refractivity contribution is -0.136. The van der Waals surface area contributed by atoms with Gasteiger partial charge in [0.25, 0.3) is 0 Å². The molecule has 32 heavy (non-hydrogen) atoms. The molecule has 2 N–H and O–H groups in total. The third-order valence-corrected chi connectivity index (χ3v) is 6.55. The highest BCUT2D eigenvalue weighted by atomic mass is 16.4. The number of carboxylic acid groups (broad SMARTS) is 1. The molecule has 0 atom stereocenters. The van der Waals surface area contributed by atoms with Gasteiger partial charge < -0.3 is 10.2 Å². The van der Waals surface area contributed by atoms with Crippen molar-refractivity contribution in [3.05, 3.63) is 11.8 Å². The van der Waals surface area contributed by atoms with Crippen LogP contribution in [0.2, 0.25) is 0 Å². The van der Waals surface area contributed by atoms with Crippen molar-refractivity contribution in [1.82, 2.24) is 0 Å². The standard InChI is InChI=1S/C29H56O3/c1-2-3-4-5-6-7-8-9-10-11-12-13-14-15-16-17-18-19-20-21-22-23-24-25-28(30)26-27-29(31)32/h26,30H,2-25,27H2,1H3,(H,31,32). The summed E-state index contributed by atoms with van der Waals surface area (Å²) in [4.78, 5) is 10.4. The van der Waals surface area contributed by atoms with E-state index in [2.05, 4.69) is 6.92 Å². The quantitative estimate of drug-likeness (QED) is 0.101. The van der Waals surface area contributed by atoms with Crippen molar-refractivity contribution in [2.45, 2.75) is 167 Å². The maximum atomic E-state index is 10.4. The minimum Gasteiger partial charge on any atom is -0.513 e. The molecular weight excluding hydrogens is 396 g/mol. The number of hydrogen-bond donors (Lipinski definition) is 2. The van der Waals surface area contributed by atoms with E-state index in [0.717, 1.165) is 12.8 Å². The maximum absolute atomic E-state index is 10.4. The molecule has 3 heteroatoms. The summed E-state index contributed by atoms with van der Waals surface area (Å²) >= 11 is 0. The van der Waals surface area contributed by atoms with Gasteiger partial charge in [0.05, 0.1) is 12.2 Å². The smallest absolute Gasteiger partial charge is 0.307 e. The van der Waals surface area contributed by atoms with E-state index in [1.807, 2.05) is 0 Å². The third-order valence-electron chi connectivity index (χ3n) is 6.55. The summed E-state index contributed by atoms with van der Waals surface area (Å²) in [6, 6.07) is 0. The summed E-state index contributed by atoms with van der Waals surface area (Å²) in [6.45, 7) is 2.29. The van der Waals surface area contributed by atoms with Gasteiger partial charge in [-0.15, -0.1) is 0 Å². The van der Waals surface area contributed by atoms with E-state index in [9.17, 15) is 9.90 Å². The largest absolute Gasteiger partial charge is 0.513 e. The fourth-order valence-electron chi connectivity index (χ4n) is 4.40. The van der Waals surface area contributed by atoms with Gasteiger partial charge in [0, 0.05) is 6.42 Å². The van der Waals surface area contributed by atoms with E-state index in [0.29, 0.717) is 6.42 Å². The van der Waals surface area contributed by atoms with Gasteiger partial charge in [0.1, 0.15) is 0 Å². The summed E-state index contributed by atoms with van der Waals surface area (Å²) in [5.41, 5.74) is 0. The second kappa shape index (κ2) is 26.3. The van der Waals surface area contributed by atoms with Crippen LogP contribution in [-0.4, -0.2) is 16.2 Å². The topological polar surface area (TPSA) is 57.5 Å². The van der Waals surface area contributed by atoms with E-state index in [4.69, 9.17) is 5.11 Å². The number of carboxylic acids is 1. The molecule has 0 aromatic heterocycles. The van der Waals surface area contributed by atoms with Crippen LogP contribution in [0.15, 0.2) is 11.8 Å². The molecule has 0 radical (unpaired) electrons. The van der Waals surface area contributed by atoms with Crippen molar-refractivity contribution in [3.8, 4) is 0 Å². The zero-order valence-corrected chi connectivity index (χ0v) is 21.6. The first kappa shape index (κ1) is 31.0. The molecule has 3 nitrogen and oxygen atoms in total. The monoisotopic (exact) mass is 452 g/mol. The Morgan fingerprint density at radius 1 is 0.500 bits per heavy atom. The molecule has 0 aliphatic carbocycles. The predicted molar refractivity (Wildman–Crippen MR) is 139 cm³/mol. The molecule has 0 aromatic rings. The van der Waals surface area contributed by atoms with E-state index < -0.39 is 5.97 Å². The molecular formula is C29H56O3. The van der Waals surface area contributed by atoms with Gasteiger partial charge in [-0.05, 0) is 12.5 Å². The van der Waals surface area contributed by atoms with Gasteiger partial charge in [-0.25, -0.2) is 0 Å². The molecule has 0 aliphatic heterocycles. The first-order chi connectivity index (χ1) is 15.7. The zero-order chi connectivity index (χ0) is 23.5. The second-order valence-electron chi connectivity index (χ2n) is 9.82. The van der Waals surface area contributed by atoms with Crippen LogP contribution in [0.1, 0.15) is 167 Å². The lowest BCUT2D eigenvalue weighted by Gasteiger charge is -2.04. The minimum atomic E-state index is -0.888. The van der Waals surface area contributed by atoms with Crippen LogP contribution in [0.25, 0.3) is 0 Å². The molecule has 0 saturated carbocycles. The number of carbonyl (C=O) groups is 1. The van der Waals surface area contributed by atoms with E-state index in [1.54, 1.807) is 0 Å². The molecule has 0 rings (SSSR count). The van der Waals surface area contributed by atoms with Crippen molar-refractivity contribution in [2.24, 2.45) is 0 Å². The van der Waals surface area contributed by atoms with Crippen LogP contribution in [0.3, 0.4) is 0 Å². The van der Waals surface area contributed by atoms with Gasteiger partial charge in [-0.3, -0.25) is 4.79 Å². The number of aliphatic hydroxyl groups is 1. The second-order valence-corrected chi connectivity index (χ2v) is 9.82. The fraction of sp³-hybridized carbons (Fsp3) is 0.897. The van der Waals surface area contributed by atoms with Crippen LogP contribution in [0.5, 0.6) is 0 Å². The molecule has 0 saturated heterocycles. The normalized spacial score (nSPS) is 11.8. The predicted octanol–water partition coefficient (Wildman–Crippen LogP) is 10.3. The molecule has 0 spiro atoms. The summed E-state index contributed by atoms with van der Waals surface area (Å²) in [7, 11) is 0. The van der Waals surface area contributed by atoms with E-state index in [1.165, 1.54) is 141 Å². The van der Waals surface area contributed by atoms with Gasteiger partial charge in [-0.2, -0.15) is 0 Å². The van der Waals surface area contributed by atoms with Gasteiger partial charge in [0.15, 0.2) is 0 Å². The summed E-state index contributed by atoms with van der Waals surface area (Å²) in [5.74, 6) is -0.656. The number of aliphatic hydroxyl groups excluding tert-OH is 1. The third kappa shape index (κ3) is 27.0. The minimum absolute atomic E-state index is 0.0782. The molecule has 0 aliphatic rings. The maximum Gasteiger partial charge on any atom is 0.307 e. The van der Waals surface area contributed by atoms with Crippen molar-refractivity contribution in [3.63, 3.8) is 0 Å². The first-order valence-corrected chi connectivity index (χ1v) is 14.3. The average molecular weight is 453 g/mol. The summed E-state index contributed by atoms with van der Waals surface area (Å²) < 4.78 is 0. The molecule has 0 heterocycles. The lowest BCUT2D eigenvalue weighted by atomic mass is 10.0. The Labute approximate surface area is 200 Å². The van der Waals surface area contributed by atoms with Crippen molar-refractivity contribution in [2.75, 3.05) is 0 Å². The molecule has 190 valence electrons. The average Bonchev–Trinajstić information content (AvgIpc) is 2.78. The summed E-state index contributed by atoms with van der Waals surface area (Å²) in [6.07, 6.45) is 33.6. The van der Waals surface area contributed by atoms with E-state index >= 15 is 0 Å². The molecule has 0 amide bonds. The van der Waals surface area contributed by atoms with Crippen LogP contribution >= 0.6 is 0 Å². The highest BCUT2D eigenvalue weighted by Gasteiger charge is 1.98. The highest BCUT2D eigenvalue weighted by molar-refractivity contribution is 5.68. The Hall–Kier alpha value is -0.990. The Balaban J connectivity index is 3.11. The van der Waals surface area contributed by atoms with Crippen molar-refractivity contribution in [1.29, 1.82) is 0 Å². The number of aliphatic carboxylic acids is 1. The molecule has 0 bridgehead atoms. The fourth-order valence-corrected chi connectivity index (χ4v) is 4.40. The Bertz CT molecular complexity index is 417. The molecule has 0 unspecified atom stereocenters. The SMILES string of the molecule is CCCCCCCCCCCCCCCCCCCCCCCCCC(O)=CCC(=O)O. The number of rotatable bonds is 26. The Morgan fingerprint density at radius 3 is 1.06 bits per heavy atom. The van der Waals surface area contributed by atoms with Crippen molar-refractivity contribution < 1.29 is 15.0 Å².